The number of nitrogens with zero attached hydrogens (tertiary/aromatic N) is 1. The predicted octanol–water partition coefficient (Wildman–Crippen LogP) is 2.49. The van der Waals surface area contributed by atoms with E-state index in [1.165, 1.54) is 6.92 Å². The fourth-order valence-electron chi connectivity index (χ4n) is 3.00. The van der Waals surface area contributed by atoms with Crippen LogP contribution in [-0.2, 0) is 16.0 Å². The maximum Gasteiger partial charge on any atom is 0.243 e. The molecule has 134 valence electrons. The average molecular weight is 350 g/mol. The number of hydrogen-bond acceptors (Lipinski definition) is 3. The van der Waals surface area contributed by atoms with Crippen molar-refractivity contribution >= 4 is 22.7 Å². The van der Waals surface area contributed by atoms with E-state index in [4.69, 9.17) is 0 Å². The molecule has 0 radical (unpaired) electrons. The monoisotopic (exact) mass is 350 g/mol. The first-order valence-corrected chi connectivity index (χ1v) is 8.58. The fourth-order valence-corrected chi connectivity index (χ4v) is 3.00. The molecule has 0 saturated carbocycles. The maximum atomic E-state index is 12.8. The number of carbonyl (C=O) groups excluding carboxylic acids is 2. The van der Waals surface area contributed by atoms with E-state index in [9.17, 15) is 9.59 Å². The molecule has 3 N–H and O–H groups in total. The van der Waals surface area contributed by atoms with Crippen molar-refractivity contribution in [2.75, 3.05) is 0 Å². The van der Waals surface area contributed by atoms with Crippen molar-refractivity contribution < 1.29 is 9.59 Å². The van der Waals surface area contributed by atoms with Crippen LogP contribution in [0.1, 0.15) is 31.1 Å². The van der Waals surface area contributed by atoms with Gasteiger partial charge in [-0.05, 0) is 30.7 Å². The first-order valence-electron chi connectivity index (χ1n) is 8.58. The van der Waals surface area contributed by atoms with Gasteiger partial charge in [0, 0.05) is 36.6 Å². The third kappa shape index (κ3) is 4.08. The van der Waals surface area contributed by atoms with E-state index in [0.717, 1.165) is 22.2 Å². The molecule has 0 aliphatic rings. The highest BCUT2D eigenvalue weighted by atomic mass is 16.2. The number of para-hydroxylation sites is 1. The predicted molar refractivity (Wildman–Crippen MR) is 100 cm³/mol. The normalized spacial score (nSPS) is 13.2. The molecule has 2 atom stereocenters. The van der Waals surface area contributed by atoms with Crippen molar-refractivity contribution in [2.24, 2.45) is 0 Å². The van der Waals surface area contributed by atoms with Gasteiger partial charge in [-0.2, -0.15) is 0 Å². The van der Waals surface area contributed by atoms with Crippen LogP contribution in [0.3, 0.4) is 0 Å². The molecule has 3 aromatic rings. The maximum absolute atomic E-state index is 12.8. The van der Waals surface area contributed by atoms with Crippen LogP contribution < -0.4 is 10.6 Å². The van der Waals surface area contributed by atoms with Crippen LogP contribution in [-0.4, -0.2) is 27.8 Å². The van der Waals surface area contributed by atoms with Crippen molar-refractivity contribution in [1.29, 1.82) is 0 Å². The fraction of sp³-hybridized carbons (Fsp3) is 0.250. The Kier molecular flexibility index (Phi) is 5.31. The minimum absolute atomic E-state index is 0.233. The molecule has 0 saturated heterocycles. The summed E-state index contributed by atoms with van der Waals surface area (Å²) in [4.78, 5) is 31.8. The Morgan fingerprint density at radius 3 is 2.62 bits per heavy atom. The molecule has 2 aromatic heterocycles. The summed E-state index contributed by atoms with van der Waals surface area (Å²) in [6.45, 7) is 3.29. The van der Waals surface area contributed by atoms with E-state index < -0.39 is 6.04 Å². The molecule has 3 rings (SSSR count). The number of rotatable bonds is 6. The number of H-pyrrole nitrogens is 1. The summed E-state index contributed by atoms with van der Waals surface area (Å²) in [7, 11) is 0. The summed E-state index contributed by atoms with van der Waals surface area (Å²) in [5.41, 5.74) is 2.76. The molecule has 2 heterocycles. The molecule has 0 aliphatic heterocycles. The Hall–Kier alpha value is -3.15. The lowest BCUT2D eigenvalue weighted by molar-refractivity contribution is -0.128. The van der Waals surface area contributed by atoms with Crippen LogP contribution in [0.25, 0.3) is 10.9 Å². The van der Waals surface area contributed by atoms with Crippen LogP contribution >= 0.6 is 0 Å². The molecule has 0 spiro atoms. The van der Waals surface area contributed by atoms with Crippen molar-refractivity contribution in [2.45, 2.75) is 32.4 Å². The smallest absolute Gasteiger partial charge is 0.243 e. The topological polar surface area (TPSA) is 86.9 Å². The number of pyridine rings is 1. The van der Waals surface area contributed by atoms with Gasteiger partial charge in [-0.25, -0.2) is 0 Å². The van der Waals surface area contributed by atoms with Crippen LogP contribution in [0.15, 0.2) is 54.9 Å². The summed E-state index contributed by atoms with van der Waals surface area (Å²) in [6, 6.07) is 12.6. The highest BCUT2D eigenvalue weighted by Crippen LogP contribution is 2.19. The summed E-state index contributed by atoms with van der Waals surface area (Å²) in [5, 5.41) is 6.74. The molecule has 6 nitrogen and oxygen atoms in total. The third-order valence-electron chi connectivity index (χ3n) is 4.28. The van der Waals surface area contributed by atoms with Crippen LogP contribution in [0, 0.1) is 0 Å². The van der Waals surface area contributed by atoms with E-state index >= 15 is 0 Å². The zero-order valence-corrected chi connectivity index (χ0v) is 14.8. The van der Waals surface area contributed by atoms with Gasteiger partial charge in [-0.1, -0.05) is 24.3 Å². The van der Waals surface area contributed by atoms with Crippen LogP contribution in [0.2, 0.25) is 0 Å². The van der Waals surface area contributed by atoms with Crippen LogP contribution in [0.5, 0.6) is 0 Å². The molecule has 6 heteroatoms. The highest BCUT2D eigenvalue weighted by molar-refractivity contribution is 5.89. The number of fused-ring (bicyclic) bond motifs is 1. The zero-order chi connectivity index (χ0) is 18.5. The molecule has 0 aliphatic carbocycles. The number of aromatic amines is 1. The average Bonchev–Trinajstić information content (AvgIpc) is 3.04. The van der Waals surface area contributed by atoms with Gasteiger partial charge in [0.25, 0.3) is 0 Å². The Balaban J connectivity index is 1.77. The van der Waals surface area contributed by atoms with Crippen molar-refractivity contribution in [3.63, 3.8) is 0 Å². The van der Waals surface area contributed by atoms with Gasteiger partial charge in [0.2, 0.25) is 11.8 Å². The molecule has 26 heavy (non-hydrogen) atoms. The molecule has 0 bridgehead atoms. The summed E-state index contributed by atoms with van der Waals surface area (Å²) < 4.78 is 0. The van der Waals surface area contributed by atoms with E-state index in [2.05, 4.69) is 20.6 Å². The largest absolute Gasteiger partial charge is 0.361 e. The van der Waals surface area contributed by atoms with E-state index in [0.29, 0.717) is 6.42 Å². The number of amides is 2. The minimum Gasteiger partial charge on any atom is -0.361 e. The van der Waals surface area contributed by atoms with Gasteiger partial charge >= 0.3 is 0 Å². The van der Waals surface area contributed by atoms with Gasteiger partial charge in [-0.3, -0.25) is 14.6 Å². The van der Waals surface area contributed by atoms with Gasteiger partial charge in [-0.15, -0.1) is 0 Å². The first-order chi connectivity index (χ1) is 12.5. The van der Waals surface area contributed by atoms with Crippen molar-refractivity contribution in [3.8, 4) is 0 Å². The van der Waals surface area contributed by atoms with Gasteiger partial charge in [0.05, 0.1) is 11.7 Å². The Labute approximate surface area is 152 Å². The second-order valence-corrected chi connectivity index (χ2v) is 6.30. The van der Waals surface area contributed by atoms with E-state index in [1.807, 2.05) is 55.6 Å². The van der Waals surface area contributed by atoms with Gasteiger partial charge in [0.1, 0.15) is 6.04 Å². The molecule has 1 aromatic carbocycles. The summed E-state index contributed by atoms with van der Waals surface area (Å²) >= 11 is 0. The van der Waals surface area contributed by atoms with Crippen molar-refractivity contribution in [3.05, 3.63) is 66.1 Å². The Morgan fingerprint density at radius 1 is 1.12 bits per heavy atom. The zero-order valence-electron chi connectivity index (χ0n) is 14.8. The third-order valence-corrected chi connectivity index (χ3v) is 4.28. The SMILES string of the molecule is CC(=O)N[C@H](Cc1c[nH]c2ccccc12)C(=O)N[C@@H](C)c1ccccn1. The second-order valence-electron chi connectivity index (χ2n) is 6.30. The second kappa shape index (κ2) is 7.82. The highest BCUT2D eigenvalue weighted by Gasteiger charge is 2.23. The molecule has 0 fully saturated rings. The minimum atomic E-state index is -0.655. The van der Waals surface area contributed by atoms with Crippen molar-refractivity contribution in [1.82, 2.24) is 20.6 Å². The van der Waals surface area contributed by atoms with Gasteiger partial charge in [0.15, 0.2) is 0 Å². The lowest BCUT2D eigenvalue weighted by Gasteiger charge is -2.20. The molecule has 2 amide bonds. The molecule has 0 unspecified atom stereocenters. The van der Waals surface area contributed by atoms with E-state index in [1.54, 1.807) is 6.20 Å². The number of carbonyl (C=O) groups is 2. The van der Waals surface area contributed by atoms with Gasteiger partial charge < -0.3 is 15.6 Å². The standard InChI is InChI=1S/C20H22N4O2/c1-13(17-8-5-6-10-21-17)23-20(26)19(24-14(2)25)11-15-12-22-18-9-4-3-7-16(15)18/h3-10,12-13,19,22H,11H2,1-2H3,(H,23,26)(H,24,25)/t13-,19+/m0/s1. The lowest BCUT2D eigenvalue weighted by Crippen LogP contribution is -2.48. The first kappa shape index (κ1) is 17.7. The van der Waals surface area contributed by atoms with E-state index in [-0.39, 0.29) is 17.9 Å². The number of nitrogens with one attached hydrogen (secondary N) is 3. The quantitative estimate of drug-likeness (QED) is 0.638. The summed E-state index contributed by atoms with van der Waals surface area (Å²) in [6.07, 6.45) is 3.98. The molecular formula is C20H22N4O2. The van der Waals surface area contributed by atoms with Crippen LogP contribution in [0.4, 0.5) is 0 Å². The molecular weight excluding hydrogens is 328 g/mol. The summed E-state index contributed by atoms with van der Waals surface area (Å²) in [5.74, 6) is -0.473. The number of hydrogen-bond donors (Lipinski definition) is 3. The number of benzene rings is 1. The Morgan fingerprint density at radius 2 is 1.88 bits per heavy atom. The number of aromatic nitrogens is 2. The lowest BCUT2D eigenvalue weighted by atomic mass is 10.0. The Bertz CT molecular complexity index is 904.